The highest BCUT2D eigenvalue weighted by Crippen LogP contribution is 2.32. The molecule has 0 aliphatic rings. The van der Waals surface area contributed by atoms with E-state index >= 15 is 0 Å². The van der Waals surface area contributed by atoms with Gasteiger partial charge in [0.15, 0.2) is 0 Å². The second-order valence-corrected chi connectivity index (χ2v) is 9.18. The molecule has 3 aromatic carbocycles. The van der Waals surface area contributed by atoms with Crippen LogP contribution >= 0.6 is 0 Å². The molecule has 0 aliphatic heterocycles. The molecule has 0 heterocycles. The highest BCUT2D eigenvalue weighted by molar-refractivity contribution is 7.92. The van der Waals surface area contributed by atoms with Crippen molar-refractivity contribution in [3.63, 3.8) is 0 Å². The summed E-state index contributed by atoms with van der Waals surface area (Å²) in [4.78, 5) is 14.4. The van der Waals surface area contributed by atoms with Gasteiger partial charge < -0.3 is 9.64 Å². The summed E-state index contributed by atoms with van der Waals surface area (Å²) in [5, 5.41) is 0. The molecule has 0 aromatic heterocycles. The topological polar surface area (TPSA) is 66.9 Å². The number of ether oxygens (including phenoxy) is 1. The van der Waals surface area contributed by atoms with Crippen LogP contribution in [0.5, 0.6) is 5.75 Å². The number of aryl methyl sites for hydroxylation is 1. The van der Waals surface area contributed by atoms with Gasteiger partial charge in [0.2, 0.25) is 5.91 Å². The van der Waals surface area contributed by atoms with Crippen molar-refractivity contribution in [2.75, 3.05) is 25.0 Å². The molecular weight excluding hydrogens is 431 g/mol. The second kappa shape index (κ2) is 9.82. The maximum Gasteiger partial charge on any atom is 0.264 e. The van der Waals surface area contributed by atoms with Crippen molar-refractivity contribution < 1.29 is 22.3 Å². The van der Waals surface area contributed by atoms with Gasteiger partial charge in [0.1, 0.15) is 18.1 Å². The predicted molar refractivity (Wildman–Crippen MR) is 122 cm³/mol. The minimum atomic E-state index is -4.17. The monoisotopic (exact) mass is 456 g/mol. The Labute approximate surface area is 187 Å². The molecule has 3 rings (SSSR count). The van der Waals surface area contributed by atoms with Crippen LogP contribution < -0.4 is 9.04 Å². The number of hydrogen-bond donors (Lipinski definition) is 0. The van der Waals surface area contributed by atoms with E-state index in [4.69, 9.17) is 4.74 Å². The lowest BCUT2D eigenvalue weighted by atomic mass is 10.1. The van der Waals surface area contributed by atoms with E-state index in [2.05, 4.69) is 0 Å². The molecule has 0 atom stereocenters. The lowest BCUT2D eigenvalue weighted by Gasteiger charge is -2.28. The molecule has 0 radical (unpaired) electrons. The smallest absolute Gasteiger partial charge is 0.264 e. The summed E-state index contributed by atoms with van der Waals surface area (Å²) in [5.74, 6) is -0.653. The van der Waals surface area contributed by atoms with Crippen molar-refractivity contribution in [3.8, 4) is 5.75 Å². The van der Waals surface area contributed by atoms with Gasteiger partial charge in [0, 0.05) is 13.6 Å². The molecule has 8 heteroatoms. The molecule has 6 nitrogen and oxygen atoms in total. The fraction of sp³-hybridized carbons (Fsp3) is 0.208. The Kier molecular flexibility index (Phi) is 7.15. The van der Waals surface area contributed by atoms with Crippen LogP contribution in [0.15, 0.2) is 77.7 Å². The van der Waals surface area contributed by atoms with Crippen LogP contribution in [0.25, 0.3) is 0 Å². The average Bonchev–Trinajstić information content (AvgIpc) is 2.79. The van der Waals surface area contributed by atoms with Crippen molar-refractivity contribution in [1.82, 2.24) is 4.90 Å². The van der Waals surface area contributed by atoms with Crippen LogP contribution in [0.2, 0.25) is 0 Å². The highest BCUT2D eigenvalue weighted by Gasteiger charge is 2.30. The average molecular weight is 457 g/mol. The van der Waals surface area contributed by atoms with Gasteiger partial charge in [-0.2, -0.15) is 0 Å². The first-order valence-corrected chi connectivity index (χ1v) is 11.4. The van der Waals surface area contributed by atoms with Crippen molar-refractivity contribution in [2.45, 2.75) is 18.4 Å². The minimum absolute atomic E-state index is 0.126. The second-order valence-electron chi connectivity index (χ2n) is 7.31. The van der Waals surface area contributed by atoms with Crippen molar-refractivity contribution in [2.24, 2.45) is 0 Å². The van der Waals surface area contributed by atoms with Gasteiger partial charge >= 0.3 is 0 Å². The third-order valence-electron chi connectivity index (χ3n) is 5.13. The maximum atomic E-state index is 13.5. The van der Waals surface area contributed by atoms with E-state index < -0.39 is 28.3 Å². The molecule has 0 unspecified atom stereocenters. The Morgan fingerprint density at radius 2 is 1.59 bits per heavy atom. The number of nitrogens with zero attached hydrogens (tertiary/aromatic N) is 2. The number of likely N-dealkylation sites (N-methyl/N-ethyl adjacent to an activating group) is 1. The van der Waals surface area contributed by atoms with E-state index in [9.17, 15) is 17.6 Å². The number of carbonyl (C=O) groups excluding carboxylic acids is 1. The Morgan fingerprint density at radius 3 is 2.25 bits per heavy atom. The maximum absolute atomic E-state index is 13.5. The number of amides is 1. The van der Waals surface area contributed by atoms with Crippen molar-refractivity contribution in [1.29, 1.82) is 0 Å². The van der Waals surface area contributed by atoms with Gasteiger partial charge in [-0.3, -0.25) is 9.10 Å². The number of anilines is 1. The van der Waals surface area contributed by atoms with Crippen LogP contribution in [0.1, 0.15) is 11.1 Å². The van der Waals surface area contributed by atoms with Gasteiger partial charge in [-0.15, -0.1) is 0 Å². The minimum Gasteiger partial charge on any atom is -0.495 e. The normalized spacial score (nSPS) is 11.1. The number of para-hydroxylation sites is 2. The van der Waals surface area contributed by atoms with Crippen molar-refractivity contribution >= 4 is 21.6 Å². The van der Waals surface area contributed by atoms with E-state index in [1.165, 1.54) is 24.1 Å². The summed E-state index contributed by atoms with van der Waals surface area (Å²) in [6.45, 7) is 1.85. The molecule has 0 bridgehead atoms. The molecule has 0 saturated carbocycles. The van der Waals surface area contributed by atoms with E-state index in [1.54, 1.807) is 31.3 Å². The first-order valence-electron chi connectivity index (χ1n) is 9.94. The summed E-state index contributed by atoms with van der Waals surface area (Å²) in [5.41, 5.74) is 2.22. The standard InChI is InChI=1S/C24H25FN2O4S/c1-18-8-4-5-9-19(18)16-26(2)24(28)17-27(22-10-6-7-11-23(22)31-3)32(29,30)21-14-12-20(25)13-15-21/h4-15H,16-17H2,1-3H3. The molecule has 1 amide bonds. The summed E-state index contributed by atoms with van der Waals surface area (Å²) < 4.78 is 46.6. The van der Waals surface area contributed by atoms with Crippen molar-refractivity contribution in [3.05, 3.63) is 89.7 Å². The van der Waals surface area contributed by atoms with Gasteiger partial charge in [-0.1, -0.05) is 36.4 Å². The Balaban J connectivity index is 1.96. The third-order valence-corrected chi connectivity index (χ3v) is 6.90. The molecule has 3 aromatic rings. The largest absolute Gasteiger partial charge is 0.495 e. The molecule has 32 heavy (non-hydrogen) atoms. The van der Waals surface area contributed by atoms with E-state index in [1.807, 2.05) is 31.2 Å². The van der Waals surface area contributed by atoms with Crippen LogP contribution in [-0.2, 0) is 21.4 Å². The van der Waals surface area contributed by atoms with E-state index in [-0.39, 0.29) is 10.6 Å². The molecule has 0 fully saturated rings. The van der Waals surface area contributed by atoms with E-state index in [0.717, 1.165) is 27.6 Å². The molecule has 0 aliphatic carbocycles. The summed E-state index contributed by atoms with van der Waals surface area (Å²) in [6.07, 6.45) is 0. The van der Waals surface area contributed by atoms with Crippen LogP contribution in [0, 0.1) is 12.7 Å². The Morgan fingerprint density at radius 1 is 0.969 bits per heavy atom. The zero-order valence-corrected chi connectivity index (χ0v) is 19.0. The van der Waals surface area contributed by atoms with Gasteiger partial charge in [0.25, 0.3) is 10.0 Å². The molecule has 0 N–H and O–H groups in total. The third kappa shape index (κ3) is 5.08. The van der Waals surface area contributed by atoms with Crippen LogP contribution in [-0.4, -0.2) is 39.9 Å². The number of rotatable bonds is 8. The van der Waals surface area contributed by atoms with Gasteiger partial charge in [-0.25, -0.2) is 12.8 Å². The van der Waals surface area contributed by atoms with Crippen LogP contribution in [0.3, 0.4) is 0 Å². The fourth-order valence-electron chi connectivity index (χ4n) is 3.24. The van der Waals surface area contributed by atoms with E-state index in [0.29, 0.717) is 12.3 Å². The molecule has 0 saturated heterocycles. The lowest BCUT2D eigenvalue weighted by Crippen LogP contribution is -2.41. The Bertz CT molecular complexity index is 1200. The van der Waals surface area contributed by atoms with Gasteiger partial charge in [-0.05, 0) is 54.4 Å². The fourth-order valence-corrected chi connectivity index (χ4v) is 4.67. The summed E-state index contributed by atoms with van der Waals surface area (Å²) in [7, 11) is -1.12. The molecule has 168 valence electrons. The highest BCUT2D eigenvalue weighted by atomic mass is 32.2. The number of halogens is 1. The zero-order valence-electron chi connectivity index (χ0n) is 18.2. The first-order chi connectivity index (χ1) is 15.2. The summed E-state index contributed by atoms with van der Waals surface area (Å²) in [6, 6.07) is 18.7. The predicted octanol–water partition coefficient (Wildman–Crippen LogP) is 4.00. The number of hydrogen-bond acceptors (Lipinski definition) is 4. The number of benzene rings is 3. The SMILES string of the molecule is COc1ccccc1N(CC(=O)N(C)Cc1ccccc1C)S(=O)(=O)c1ccc(F)cc1. The van der Waals surface area contributed by atoms with Gasteiger partial charge in [0.05, 0.1) is 17.7 Å². The number of methoxy groups -OCH3 is 1. The Hall–Kier alpha value is -3.39. The zero-order chi connectivity index (χ0) is 23.3. The first kappa shape index (κ1) is 23.3. The molecule has 0 spiro atoms. The number of sulfonamides is 1. The number of carbonyl (C=O) groups is 1. The quantitative estimate of drug-likeness (QED) is 0.514. The van der Waals surface area contributed by atoms with Crippen LogP contribution in [0.4, 0.5) is 10.1 Å². The lowest BCUT2D eigenvalue weighted by molar-refractivity contribution is -0.128. The molecular formula is C24H25FN2O4S. The summed E-state index contributed by atoms with van der Waals surface area (Å²) >= 11 is 0.